The van der Waals surface area contributed by atoms with E-state index in [0.717, 1.165) is 11.1 Å². The first-order valence-electron chi connectivity index (χ1n) is 6.12. The zero-order valence-corrected chi connectivity index (χ0v) is 10.8. The molecular formula is C14H12N4O2. The Balaban J connectivity index is 2.08. The molecule has 3 aromatic rings. The van der Waals surface area contributed by atoms with E-state index in [1.165, 1.54) is 6.07 Å². The number of carboxylic acid groups (broad SMARTS) is 1. The van der Waals surface area contributed by atoms with Crippen LogP contribution in [0.3, 0.4) is 0 Å². The minimum atomic E-state index is -0.997. The fourth-order valence-corrected chi connectivity index (χ4v) is 2.12. The summed E-state index contributed by atoms with van der Waals surface area (Å²) < 4.78 is 1.70. The number of hydrogen-bond acceptors (Lipinski definition) is 4. The maximum atomic E-state index is 11.2. The van der Waals surface area contributed by atoms with Crippen molar-refractivity contribution >= 4 is 17.0 Å². The van der Waals surface area contributed by atoms with Crippen LogP contribution in [0.25, 0.3) is 11.0 Å². The average Bonchev–Trinajstić information content (AvgIpc) is 2.84. The number of pyridine rings is 1. The second-order valence-electron chi connectivity index (χ2n) is 4.53. The van der Waals surface area contributed by atoms with Crippen molar-refractivity contribution in [1.29, 1.82) is 0 Å². The zero-order valence-electron chi connectivity index (χ0n) is 10.8. The molecule has 2 heterocycles. The highest BCUT2D eigenvalue weighted by atomic mass is 16.4. The molecule has 6 heteroatoms. The first-order valence-corrected chi connectivity index (χ1v) is 6.12. The lowest BCUT2D eigenvalue weighted by Crippen LogP contribution is -2.04. The first-order chi connectivity index (χ1) is 9.66. The van der Waals surface area contributed by atoms with Gasteiger partial charge in [0.2, 0.25) is 0 Å². The van der Waals surface area contributed by atoms with Gasteiger partial charge >= 0.3 is 5.97 Å². The normalized spacial score (nSPS) is 10.8. The van der Waals surface area contributed by atoms with E-state index in [2.05, 4.69) is 15.3 Å². The quantitative estimate of drug-likeness (QED) is 0.784. The molecule has 0 radical (unpaired) electrons. The summed E-state index contributed by atoms with van der Waals surface area (Å²) in [5.74, 6) is -0.997. The molecular weight excluding hydrogens is 256 g/mol. The van der Waals surface area contributed by atoms with Crippen LogP contribution >= 0.6 is 0 Å². The monoisotopic (exact) mass is 268 g/mol. The van der Waals surface area contributed by atoms with Gasteiger partial charge in [0.25, 0.3) is 0 Å². The van der Waals surface area contributed by atoms with Crippen LogP contribution in [-0.2, 0) is 6.54 Å². The Labute approximate surface area is 114 Å². The van der Waals surface area contributed by atoms with Gasteiger partial charge in [0.15, 0.2) is 0 Å². The third-order valence-corrected chi connectivity index (χ3v) is 3.23. The molecule has 6 nitrogen and oxygen atoms in total. The molecule has 0 spiro atoms. The van der Waals surface area contributed by atoms with Crippen LogP contribution in [0.5, 0.6) is 0 Å². The van der Waals surface area contributed by atoms with Gasteiger partial charge < -0.3 is 5.11 Å². The molecule has 0 amide bonds. The lowest BCUT2D eigenvalue weighted by atomic mass is 10.1. The number of nitrogens with zero attached hydrogens (tertiary/aromatic N) is 4. The largest absolute Gasteiger partial charge is 0.478 e. The van der Waals surface area contributed by atoms with Gasteiger partial charge in [-0.25, -0.2) is 9.48 Å². The van der Waals surface area contributed by atoms with Crippen molar-refractivity contribution in [3.05, 3.63) is 53.3 Å². The van der Waals surface area contributed by atoms with Crippen molar-refractivity contribution in [1.82, 2.24) is 20.0 Å². The van der Waals surface area contributed by atoms with Crippen molar-refractivity contribution < 1.29 is 9.90 Å². The Morgan fingerprint density at radius 1 is 1.35 bits per heavy atom. The predicted octanol–water partition coefficient (Wildman–Crippen LogP) is 1.88. The summed E-state index contributed by atoms with van der Waals surface area (Å²) in [6, 6.07) is 6.97. The third kappa shape index (κ3) is 2.01. The van der Waals surface area contributed by atoms with Gasteiger partial charge in [0.05, 0.1) is 17.6 Å². The lowest BCUT2D eigenvalue weighted by molar-refractivity contribution is 0.0699. The number of carboxylic acids is 1. The number of aromatic carboxylic acids is 1. The summed E-state index contributed by atoms with van der Waals surface area (Å²) in [5, 5.41) is 17.2. The Kier molecular flexibility index (Phi) is 2.90. The number of benzene rings is 1. The van der Waals surface area contributed by atoms with Gasteiger partial charge in [-0.15, -0.1) is 5.10 Å². The number of aryl methyl sites for hydroxylation is 1. The maximum Gasteiger partial charge on any atom is 0.338 e. The molecule has 0 saturated heterocycles. The molecule has 0 fully saturated rings. The SMILES string of the molecule is Cc1cnccc1Cn1nnc2c(C(=O)O)cccc21. The Hall–Kier alpha value is -2.76. The highest BCUT2D eigenvalue weighted by Gasteiger charge is 2.14. The van der Waals surface area contributed by atoms with E-state index in [9.17, 15) is 4.79 Å². The Morgan fingerprint density at radius 2 is 2.20 bits per heavy atom. The van der Waals surface area contributed by atoms with E-state index >= 15 is 0 Å². The molecule has 0 aliphatic heterocycles. The van der Waals surface area contributed by atoms with E-state index in [4.69, 9.17) is 5.11 Å². The fraction of sp³-hybridized carbons (Fsp3) is 0.143. The minimum Gasteiger partial charge on any atom is -0.478 e. The molecule has 0 aliphatic carbocycles. The van der Waals surface area contributed by atoms with Crippen LogP contribution in [-0.4, -0.2) is 31.1 Å². The average molecular weight is 268 g/mol. The summed E-state index contributed by atoms with van der Waals surface area (Å²) in [6.07, 6.45) is 3.52. The minimum absolute atomic E-state index is 0.167. The summed E-state index contributed by atoms with van der Waals surface area (Å²) in [4.78, 5) is 15.2. The molecule has 0 aliphatic rings. The summed E-state index contributed by atoms with van der Waals surface area (Å²) in [7, 11) is 0. The number of fused-ring (bicyclic) bond motifs is 1. The van der Waals surface area contributed by atoms with E-state index in [-0.39, 0.29) is 5.56 Å². The second-order valence-corrected chi connectivity index (χ2v) is 4.53. The molecule has 1 aromatic carbocycles. The summed E-state index contributed by atoms with van der Waals surface area (Å²) >= 11 is 0. The van der Waals surface area contributed by atoms with Crippen molar-refractivity contribution in [2.24, 2.45) is 0 Å². The van der Waals surface area contributed by atoms with E-state index in [1.807, 2.05) is 19.1 Å². The standard InChI is InChI=1S/C14H12N4O2/c1-9-7-15-6-5-10(9)8-18-12-4-2-3-11(14(19)20)13(12)16-17-18/h2-7H,8H2,1H3,(H,19,20). The van der Waals surface area contributed by atoms with Crippen LogP contribution in [0.4, 0.5) is 0 Å². The smallest absolute Gasteiger partial charge is 0.338 e. The molecule has 0 bridgehead atoms. The zero-order chi connectivity index (χ0) is 14.1. The van der Waals surface area contributed by atoms with Gasteiger partial charge in [-0.05, 0) is 36.2 Å². The number of rotatable bonds is 3. The molecule has 3 rings (SSSR count). The van der Waals surface area contributed by atoms with Gasteiger partial charge in [-0.3, -0.25) is 4.98 Å². The van der Waals surface area contributed by atoms with Gasteiger partial charge in [-0.2, -0.15) is 0 Å². The predicted molar refractivity (Wildman–Crippen MR) is 72.6 cm³/mol. The lowest BCUT2D eigenvalue weighted by Gasteiger charge is -2.05. The van der Waals surface area contributed by atoms with Crippen LogP contribution < -0.4 is 0 Å². The summed E-state index contributed by atoms with van der Waals surface area (Å²) in [6.45, 7) is 2.51. The van der Waals surface area contributed by atoms with E-state index in [0.29, 0.717) is 17.6 Å². The molecule has 20 heavy (non-hydrogen) atoms. The second kappa shape index (κ2) is 4.73. The van der Waals surface area contributed by atoms with Crippen molar-refractivity contribution in [3.8, 4) is 0 Å². The molecule has 100 valence electrons. The van der Waals surface area contributed by atoms with Crippen LogP contribution in [0.1, 0.15) is 21.5 Å². The maximum absolute atomic E-state index is 11.2. The summed E-state index contributed by atoms with van der Waals surface area (Å²) in [5.41, 5.74) is 3.42. The van der Waals surface area contributed by atoms with Gasteiger partial charge in [0, 0.05) is 12.4 Å². The van der Waals surface area contributed by atoms with E-state index in [1.54, 1.807) is 23.1 Å². The number of carbonyl (C=O) groups is 1. The van der Waals surface area contributed by atoms with Gasteiger partial charge in [-0.1, -0.05) is 11.3 Å². The topological polar surface area (TPSA) is 80.9 Å². The molecule has 0 atom stereocenters. The van der Waals surface area contributed by atoms with E-state index < -0.39 is 5.97 Å². The first kappa shape index (κ1) is 12.3. The third-order valence-electron chi connectivity index (χ3n) is 3.23. The molecule has 0 unspecified atom stereocenters. The molecule has 1 N–H and O–H groups in total. The van der Waals surface area contributed by atoms with Crippen molar-refractivity contribution in [3.63, 3.8) is 0 Å². The number of hydrogen-bond donors (Lipinski definition) is 1. The Morgan fingerprint density at radius 3 is 2.95 bits per heavy atom. The Bertz CT molecular complexity index is 795. The highest BCUT2D eigenvalue weighted by Crippen LogP contribution is 2.17. The number of aromatic nitrogens is 4. The van der Waals surface area contributed by atoms with Crippen molar-refractivity contribution in [2.45, 2.75) is 13.5 Å². The fourth-order valence-electron chi connectivity index (χ4n) is 2.12. The molecule has 2 aromatic heterocycles. The van der Waals surface area contributed by atoms with Gasteiger partial charge in [0.1, 0.15) is 5.52 Å². The van der Waals surface area contributed by atoms with Crippen LogP contribution in [0.15, 0.2) is 36.7 Å². The van der Waals surface area contributed by atoms with Crippen molar-refractivity contribution in [2.75, 3.05) is 0 Å². The van der Waals surface area contributed by atoms with Crippen LogP contribution in [0.2, 0.25) is 0 Å². The highest BCUT2D eigenvalue weighted by molar-refractivity contribution is 6.00. The molecule has 0 saturated carbocycles. The van der Waals surface area contributed by atoms with Crippen LogP contribution in [0, 0.1) is 6.92 Å².